The fraction of sp³-hybridized carbons (Fsp3) is 0.417. The van der Waals surface area contributed by atoms with E-state index in [0.717, 1.165) is 6.42 Å². The molecule has 0 bridgehead atoms. The number of hydrogen-bond donors (Lipinski definition) is 1. The van der Waals surface area contributed by atoms with Gasteiger partial charge >= 0.3 is 0 Å². The Hall–Kier alpha value is -1.35. The monoisotopic (exact) mass is 203 g/mol. The first-order valence-corrected chi connectivity index (χ1v) is 5.46. The van der Waals surface area contributed by atoms with Crippen molar-refractivity contribution in [2.45, 2.75) is 25.8 Å². The lowest BCUT2D eigenvalue weighted by Gasteiger charge is -2.13. The Bertz CT molecular complexity index is 433. The van der Waals surface area contributed by atoms with Gasteiger partial charge in [0.1, 0.15) is 0 Å². The van der Waals surface area contributed by atoms with Crippen molar-refractivity contribution in [1.29, 1.82) is 0 Å². The number of nitrogens with zero attached hydrogens (tertiary/aromatic N) is 2. The van der Waals surface area contributed by atoms with Gasteiger partial charge in [-0.15, -0.1) is 0 Å². The van der Waals surface area contributed by atoms with Crippen molar-refractivity contribution < 1.29 is 0 Å². The molecule has 0 saturated heterocycles. The summed E-state index contributed by atoms with van der Waals surface area (Å²) in [5.41, 5.74) is 2.49. The van der Waals surface area contributed by atoms with Crippen molar-refractivity contribution in [1.82, 2.24) is 14.9 Å². The van der Waals surface area contributed by atoms with E-state index in [-0.39, 0.29) is 0 Å². The number of pyridine rings is 1. The van der Waals surface area contributed by atoms with Crippen molar-refractivity contribution in [2.75, 3.05) is 7.05 Å². The van der Waals surface area contributed by atoms with E-state index in [1.807, 2.05) is 30.0 Å². The molecule has 0 radical (unpaired) electrons. The van der Waals surface area contributed by atoms with Crippen LogP contribution < -0.4 is 5.32 Å². The molecule has 3 nitrogen and oxygen atoms in total. The summed E-state index contributed by atoms with van der Waals surface area (Å²) in [4.78, 5) is 0. The maximum atomic E-state index is 4.35. The van der Waals surface area contributed by atoms with Crippen molar-refractivity contribution in [3.8, 4) is 0 Å². The second kappa shape index (κ2) is 4.45. The average molecular weight is 203 g/mol. The molecule has 2 rings (SSSR count). The normalized spacial score (nSPS) is 13.2. The molecule has 0 aromatic carbocycles. The molecule has 0 aliphatic carbocycles. The lowest BCUT2D eigenvalue weighted by Crippen LogP contribution is -2.15. The summed E-state index contributed by atoms with van der Waals surface area (Å²) in [5.74, 6) is 0. The van der Waals surface area contributed by atoms with E-state index in [2.05, 4.69) is 29.5 Å². The van der Waals surface area contributed by atoms with E-state index in [9.17, 15) is 0 Å². The van der Waals surface area contributed by atoms with E-state index in [0.29, 0.717) is 6.04 Å². The summed E-state index contributed by atoms with van der Waals surface area (Å²) in [6.07, 6.45) is 6.27. The van der Waals surface area contributed by atoms with Crippen molar-refractivity contribution >= 4 is 5.52 Å². The Balaban J connectivity index is 2.41. The van der Waals surface area contributed by atoms with E-state index in [1.54, 1.807) is 0 Å². The highest BCUT2D eigenvalue weighted by molar-refractivity contribution is 5.54. The van der Waals surface area contributed by atoms with Gasteiger partial charge in [-0.3, -0.25) is 0 Å². The molecule has 3 heteroatoms. The van der Waals surface area contributed by atoms with Crippen LogP contribution in [-0.2, 0) is 0 Å². The van der Waals surface area contributed by atoms with Gasteiger partial charge in [0.2, 0.25) is 0 Å². The number of rotatable bonds is 4. The average Bonchev–Trinajstić information content (AvgIpc) is 2.70. The Morgan fingerprint density at radius 3 is 3.07 bits per heavy atom. The summed E-state index contributed by atoms with van der Waals surface area (Å²) in [7, 11) is 2.01. The van der Waals surface area contributed by atoms with E-state index >= 15 is 0 Å². The first-order valence-electron chi connectivity index (χ1n) is 5.46. The Labute approximate surface area is 90.1 Å². The van der Waals surface area contributed by atoms with Gasteiger partial charge in [0.05, 0.1) is 11.7 Å². The second-order valence-electron chi connectivity index (χ2n) is 3.76. The number of aromatic nitrogens is 2. The highest BCUT2D eigenvalue weighted by Crippen LogP contribution is 2.22. The van der Waals surface area contributed by atoms with Crippen LogP contribution in [0.15, 0.2) is 30.6 Å². The van der Waals surface area contributed by atoms with Crippen LogP contribution in [-0.4, -0.2) is 16.7 Å². The summed E-state index contributed by atoms with van der Waals surface area (Å²) < 4.78 is 1.93. The Morgan fingerprint density at radius 1 is 1.47 bits per heavy atom. The molecule has 0 fully saturated rings. The lowest BCUT2D eigenvalue weighted by molar-refractivity contribution is 0.545. The van der Waals surface area contributed by atoms with Crippen LogP contribution in [0.3, 0.4) is 0 Å². The van der Waals surface area contributed by atoms with Gasteiger partial charge in [0.25, 0.3) is 0 Å². The van der Waals surface area contributed by atoms with Crippen LogP contribution in [0.1, 0.15) is 31.4 Å². The van der Waals surface area contributed by atoms with E-state index in [1.165, 1.54) is 17.5 Å². The van der Waals surface area contributed by atoms with Gasteiger partial charge in [0.15, 0.2) is 0 Å². The highest BCUT2D eigenvalue weighted by atomic mass is 15.2. The summed E-state index contributed by atoms with van der Waals surface area (Å²) in [6.45, 7) is 2.20. The molecule has 2 heterocycles. The maximum absolute atomic E-state index is 4.35. The minimum Gasteiger partial charge on any atom is -0.313 e. The van der Waals surface area contributed by atoms with Crippen LogP contribution in [0.2, 0.25) is 0 Å². The molecule has 0 aliphatic rings. The van der Waals surface area contributed by atoms with Gasteiger partial charge in [-0.2, -0.15) is 5.10 Å². The molecule has 0 aliphatic heterocycles. The maximum Gasteiger partial charge on any atom is 0.0709 e. The topological polar surface area (TPSA) is 29.3 Å². The zero-order valence-electron chi connectivity index (χ0n) is 9.27. The summed E-state index contributed by atoms with van der Waals surface area (Å²) in [6, 6.07) is 6.58. The lowest BCUT2D eigenvalue weighted by atomic mass is 10.0. The summed E-state index contributed by atoms with van der Waals surface area (Å²) >= 11 is 0. The molecular formula is C12H17N3. The molecule has 2 aromatic rings. The van der Waals surface area contributed by atoms with Gasteiger partial charge in [-0.05, 0) is 25.6 Å². The molecule has 1 unspecified atom stereocenters. The molecule has 1 atom stereocenters. The molecule has 0 amide bonds. The third kappa shape index (κ3) is 1.88. The SMILES string of the molecule is CCCC(NC)c1cnn2ccccc12. The predicted molar refractivity (Wildman–Crippen MR) is 61.9 cm³/mol. The van der Waals surface area contributed by atoms with Gasteiger partial charge in [0, 0.05) is 17.8 Å². The molecule has 0 saturated carbocycles. The van der Waals surface area contributed by atoms with Crippen LogP contribution in [0.25, 0.3) is 5.52 Å². The smallest absolute Gasteiger partial charge is 0.0709 e. The minimum absolute atomic E-state index is 0.412. The Morgan fingerprint density at radius 2 is 2.33 bits per heavy atom. The molecule has 0 spiro atoms. The number of fused-ring (bicyclic) bond motifs is 1. The third-order valence-corrected chi connectivity index (χ3v) is 2.76. The molecule has 80 valence electrons. The minimum atomic E-state index is 0.412. The zero-order valence-corrected chi connectivity index (χ0v) is 9.27. The van der Waals surface area contributed by atoms with E-state index in [4.69, 9.17) is 0 Å². The highest BCUT2D eigenvalue weighted by Gasteiger charge is 2.12. The van der Waals surface area contributed by atoms with Crippen LogP contribution >= 0.6 is 0 Å². The summed E-state index contributed by atoms with van der Waals surface area (Å²) in [5, 5.41) is 7.69. The zero-order chi connectivity index (χ0) is 10.7. The largest absolute Gasteiger partial charge is 0.313 e. The first kappa shape index (κ1) is 10.2. The van der Waals surface area contributed by atoms with Crippen molar-refractivity contribution in [3.63, 3.8) is 0 Å². The number of nitrogens with one attached hydrogen (secondary N) is 1. The van der Waals surface area contributed by atoms with Gasteiger partial charge in [-0.1, -0.05) is 19.4 Å². The fourth-order valence-electron chi connectivity index (χ4n) is 1.97. The Kier molecular flexibility index (Phi) is 3.02. The molecule has 1 N–H and O–H groups in total. The van der Waals surface area contributed by atoms with Crippen molar-refractivity contribution in [2.24, 2.45) is 0 Å². The van der Waals surface area contributed by atoms with Crippen LogP contribution in [0, 0.1) is 0 Å². The fourth-order valence-corrected chi connectivity index (χ4v) is 1.97. The quantitative estimate of drug-likeness (QED) is 0.826. The standard InChI is InChI=1S/C12H17N3/c1-3-6-11(13-2)10-9-14-15-8-5-4-7-12(10)15/h4-5,7-9,11,13H,3,6H2,1-2H3. The predicted octanol–water partition coefficient (Wildman–Crippen LogP) is 2.39. The van der Waals surface area contributed by atoms with Crippen LogP contribution in [0.5, 0.6) is 0 Å². The molecular weight excluding hydrogens is 186 g/mol. The number of hydrogen-bond acceptors (Lipinski definition) is 2. The van der Waals surface area contributed by atoms with Crippen LogP contribution in [0.4, 0.5) is 0 Å². The van der Waals surface area contributed by atoms with Gasteiger partial charge < -0.3 is 5.32 Å². The second-order valence-corrected chi connectivity index (χ2v) is 3.76. The third-order valence-electron chi connectivity index (χ3n) is 2.76. The van der Waals surface area contributed by atoms with Crippen molar-refractivity contribution in [3.05, 3.63) is 36.2 Å². The van der Waals surface area contributed by atoms with E-state index < -0.39 is 0 Å². The van der Waals surface area contributed by atoms with Gasteiger partial charge in [-0.25, -0.2) is 4.52 Å². The first-order chi connectivity index (χ1) is 7.36. The molecule has 15 heavy (non-hydrogen) atoms. The molecule has 2 aromatic heterocycles.